The maximum atomic E-state index is 12.6. The van der Waals surface area contributed by atoms with E-state index in [1.165, 1.54) is 6.42 Å². The third kappa shape index (κ3) is 4.39. The number of carbonyl (C=O) groups excluding carboxylic acids is 1. The van der Waals surface area contributed by atoms with E-state index in [0.29, 0.717) is 18.3 Å². The maximum Gasteiger partial charge on any atom is 0.233 e. The molecule has 1 saturated heterocycles. The fourth-order valence-corrected chi connectivity index (χ4v) is 2.99. The van der Waals surface area contributed by atoms with Gasteiger partial charge in [0, 0.05) is 13.1 Å². The fourth-order valence-electron chi connectivity index (χ4n) is 2.99. The van der Waals surface area contributed by atoms with E-state index in [9.17, 15) is 4.79 Å². The van der Waals surface area contributed by atoms with Crippen LogP contribution >= 0.6 is 0 Å². The van der Waals surface area contributed by atoms with Crippen LogP contribution in [0.15, 0.2) is 5.16 Å². The molecule has 2 atom stereocenters. The lowest BCUT2D eigenvalue weighted by Gasteiger charge is -2.25. The van der Waals surface area contributed by atoms with Crippen LogP contribution in [0.2, 0.25) is 0 Å². The molecule has 1 aliphatic rings. The Hall–Kier alpha value is -1.26. The van der Waals surface area contributed by atoms with Crippen LogP contribution < -0.4 is 5.73 Å². The van der Waals surface area contributed by atoms with Crippen molar-refractivity contribution in [2.24, 2.45) is 28.6 Å². The largest absolute Gasteiger partial charge is 0.409 e. The first-order chi connectivity index (χ1) is 9.51. The number of oxime groups is 1. The van der Waals surface area contributed by atoms with Gasteiger partial charge in [0.05, 0.1) is 5.92 Å². The normalized spacial score (nSPS) is 22.7. The summed E-state index contributed by atoms with van der Waals surface area (Å²) in [7, 11) is 0. The Balaban J connectivity index is 2.70. The third-order valence-corrected chi connectivity index (χ3v) is 4.38. The fraction of sp³-hybridized carbons (Fsp3) is 0.867. The molecule has 0 aliphatic carbocycles. The highest BCUT2D eigenvalue weighted by atomic mass is 16.4. The van der Waals surface area contributed by atoms with Crippen LogP contribution in [0.3, 0.4) is 0 Å². The lowest BCUT2D eigenvalue weighted by Crippen LogP contribution is -2.42. The molecule has 0 spiro atoms. The molecule has 1 heterocycles. The number of amides is 1. The molecule has 0 radical (unpaired) electrons. The van der Waals surface area contributed by atoms with Crippen molar-refractivity contribution >= 4 is 11.7 Å². The summed E-state index contributed by atoms with van der Waals surface area (Å²) in [5.74, 6) is 0.954. The summed E-state index contributed by atoms with van der Waals surface area (Å²) in [6.07, 6.45) is 4.76. The number of nitrogens with zero attached hydrogens (tertiary/aromatic N) is 2. The number of carbonyl (C=O) groups is 1. The van der Waals surface area contributed by atoms with Crippen molar-refractivity contribution in [3.05, 3.63) is 0 Å². The predicted octanol–water partition coefficient (Wildman–Crippen LogP) is 2.43. The summed E-state index contributed by atoms with van der Waals surface area (Å²) < 4.78 is 0. The molecule has 1 rings (SSSR count). The molecule has 1 aliphatic heterocycles. The monoisotopic (exact) mass is 283 g/mol. The summed E-state index contributed by atoms with van der Waals surface area (Å²) in [6.45, 7) is 8.08. The van der Waals surface area contributed by atoms with Gasteiger partial charge in [0.1, 0.15) is 0 Å². The van der Waals surface area contributed by atoms with Gasteiger partial charge in [-0.05, 0) is 37.5 Å². The van der Waals surface area contributed by atoms with Gasteiger partial charge in [0.2, 0.25) is 5.91 Å². The lowest BCUT2D eigenvalue weighted by molar-refractivity contribution is -0.133. The molecule has 0 aromatic rings. The van der Waals surface area contributed by atoms with Crippen LogP contribution in [0.5, 0.6) is 0 Å². The molecule has 0 aromatic heterocycles. The smallest absolute Gasteiger partial charge is 0.233 e. The zero-order chi connectivity index (χ0) is 15.1. The van der Waals surface area contributed by atoms with E-state index >= 15 is 0 Å². The Morgan fingerprint density at radius 2 is 2.10 bits per heavy atom. The number of rotatable bonds is 5. The number of nitrogens with two attached hydrogens (primary N) is 1. The van der Waals surface area contributed by atoms with E-state index in [2.05, 4.69) is 19.0 Å². The van der Waals surface area contributed by atoms with Gasteiger partial charge >= 0.3 is 0 Å². The van der Waals surface area contributed by atoms with Gasteiger partial charge in [0.25, 0.3) is 0 Å². The van der Waals surface area contributed by atoms with Crippen molar-refractivity contribution in [3.63, 3.8) is 0 Å². The van der Waals surface area contributed by atoms with Gasteiger partial charge in [-0.2, -0.15) is 0 Å². The van der Waals surface area contributed by atoms with Gasteiger partial charge in [-0.3, -0.25) is 4.79 Å². The minimum Gasteiger partial charge on any atom is -0.409 e. The lowest BCUT2D eigenvalue weighted by atomic mass is 9.89. The van der Waals surface area contributed by atoms with Crippen LogP contribution in [-0.2, 0) is 4.79 Å². The molecular weight excluding hydrogens is 254 g/mol. The van der Waals surface area contributed by atoms with E-state index in [1.54, 1.807) is 0 Å². The molecule has 0 saturated carbocycles. The molecule has 0 aromatic carbocycles. The molecule has 0 bridgehead atoms. The van der Waals surface area contributed by atoms with Gasteiger partial charge in [-0.25, -0.2) is 0 Å². The van der Waals surface area contributed by atoms with Crippen LogP contribution in [0.25, 0.3) is 0 Å². The van der Waals surface area contributed by atoms with Crippen molar-refractivity contribution < 1.29 is 10.0 Å². The third-order valence-electron chi connectivity index (χ3n) is 4.38. The van der Waals surface area contributed by atoms with Gasteiger partial charge in [-0.1, -0.05) is 32.3 Å². The number of hydrogen-bond donors (Lipinski definition) is 2. The average molecular weight is 283 g/mol. The summed E-state index contributed by atoms with van der Waals surface area (Å²) in [5, 5.41) is 11.9. The molecule has 3 N–H and O–H groups in total. The Morgan fingerprint density at radius 1 is 1.40 bits per heavy atom. The molecule has 2 unspecified atom stereocenters. The van der Waals surface area contributed by atoms with Gasteiger partial charge < -0.3 is 15.8 Å². The van der Waals surface area contributed by atoms with Crippen molar-refractivity contribution in [1.29, 1.82) is 0 Å². The number of hydrogen-bond acceptors (Lipinski definition) is 3. The van der Waals surface area contributed by atoms with Crippen molar-refractivity contribution in [1.82, 2.24) is 4.90 Å². The molecule has 1 amide bonds. The van der Waals surface area contributed by atoms with E-state index in [4.69, 9.17) is 10.9 Å². The first-order valence-corrected chi connectivity index (χ1v) is 7.77. The second-order valence-electron chi connectivity index (χ2n) is 6.13. The summed E-state index contributed by atoms with van der Waals surface area (Å²) in [6, 6.07) is 0. The summed E-state index contributed by atoms with van der Waals surface area (Å²) in [5.41, 5.74) is 5.68. The number of amidine groups is 1. The van der Waals surface area contributed by atoms with E-state index in [1.807, 2.05) is 11.8 Å². The molecular formula is C15H29N3O2. The molecule has 116 valence electrons. The van der Waals surface area contributed by atoms with E-state index < -0.39 is 5.92 Å². The van der Waals surface area contributed by atoms with Crippen molar-refractivity contribution in [3.8, 4) is 0 Å². The number of likely N-dealkylation sites (tertiary alicyclic amines) is 1. The topological polar surface area (TPSA) is 78.9 Å². The van der Waals surface area contributed by atoms with E-state index in [-0.39, 0.29) is 11.7 Å². The van der Waals surface area contributed by atoms with Crippen LogP contribution in [0.1, 0.15) is 52.9 Å². The molecule has 1 fully saturated rings. The zero-order valence-electron chi connectivity index (χ0n) is 13.0. The quantitative estimate of drug-likeness (QED) is 0.352. The average Bonchev–Trinajstić information content (AvgIpc) is 2.69. The van der Waals surface area contributed by atoms with Crippen LogP contribution in [-0.4, -0.2) is 34.9 Å². The Kier molecular flexibility index (Phi) is 6.82. The Morgan fingerprint density at radius 3 is 2.65 bits per heavy atom. The highest BCUT2D eigenvalue weighted by molar-refractivity contribution is 6.02. The Bertz CT molecular complexity index is 342. The highest BCUT2D eigenvalue weighted by Gasteiger charge is 2.29. The predicted molar refractivity (Wildman–Crippen MR) is 80.6 cm³/mol. The minimum atomic E-state index is -0.472. The summed E-state index contributed by atoms with van der Waals surface area (Å²) >= 11 is 0. The molecule has 20 heavy (non-hydrogen) atoms. The van der Waals surface area contributed by atoms with Crippen molar-refractivity contribution in [2.45, 2.75) is 52.9 Å². The first kappa shape index (κ1) is 16.8. The van der Waals surface area contributed by atoms with Crippen molar-refractivity contribution in [2.75, 3.05) is 13.1 Å². The maximum absolute atomic E-state index is 12.6. The zero-order valence-corrected chi connectivity index (χ0v) is 13.0. The summed E-state index contributed by atoms with van der Waals surface area (Å²) in [4.78, 5) is 14.5. The standard InChI is InChI=1S/C15H29N3O2/c1-4-6-13(14(16)17-20)15(19)18-9-5-7-12(8-10-18)11(2)3/h11-13,20H,4-10H2,1-3H3,(H2,16,17). The van der Waals surface area contributed by atoms with Gasteiger partial charge in [0.15, 0.2) is 5.84 Å². The molecule has 5 heteroatoms. The minimum absolute atomic E-state index is 0.0200. The Labute approximate surface area is 122 Å². The first-order valence-electron chi connectivity index (χ1n) is 7.77. The second kappa shape index (κ2) is 8.12. The van der Waals surface area contributed by atoms with E-state index in [0.717, 1.165) is 32.4 Å². The highest BCUT2D eigenvalue weighted by Crippen LogP contribution is 2.25. The molecule has 5 nitrogen and oxygen atoms in total. The van der Waals surface area contributed by atoms with Crippen LogP contribution in [0, 0.1) is 17.8 Å². The second-order valence-corrected chi connectivity index (χ2v) is 6.13. The SMILES string of the molecule is CCCC(C(=O)N1CCCC(C(C)C)CC1)C(N)=NO. The van der Waals surface area contributed by atoms with Gasteiger partial charge in [-0.15, -0.1) is 0 Å². The van der Waals surface area contributed by atoms with Crippen LogP contribution in [0.4, 0.5) is 0 Å².